The molecule has 4 rings (SSSR count). The van der Waals surface area contributed by atoms with Gasteiger partial charge in [-0.2, -0.15) is 13.2 Å². The van der Waals surface area contributed by atoms with Crippen molar-refractivity contribution in [3.05, 3.63) is 71.6 Å². The maximum atomic E-state index is 13.1. The average molecular weight is 419 g/mol. The molecule has 0 saturated carbocycles. The maximum Gasteiger partial charge on any atom is 0.416 e. The molecular weight excluding hydrogens is 403 g/mol. The molecule has 0 aliphatic heterocycles. The first-order valence-corrected chi connectivity index (χ1v) is 8.84. The van der Waals surface area contributed by atoms with Gasteiger partial charge in [-0.25, -0.2) is 4.98 Å². The van der Waals surface area contributed by atoms with E-state index in [4.69, 9.17) is 13.6 Å². The number of halogens is 3. The zero-order valence-electron chi connectivity index (χ0n) is 15.7. The van der Waals surface area contributed by atoms with Crippen LogP contribution in [0.2, 0.25) is 0 Å². The van der Waals surface area contributed by atoms with Crippen LogP contribution in [0.5, 0.6) is 0 Å². The molecule has 10 heteroatoms. The van der Waals surface area contributed by atoms with Gasteiger partial charge in [0.05, 0.1) is 29.4 Å². The van der Waals surface area contributed by atoms with E-state index >= 15 is 0 Å². The molecule has 0 radical (unpaired) electrons. The number of hydrogen-bond acceptors (Lipinski definition) is 5. The Morgan fingerprint density at radius 3 is 2.73 bits per heavy atom. The van der Waals surface area contributed by atoms with Crippen molar-refractivity contribution >= 4 is 22.9 Å². The van der Waals surface area contributed by atoms with E-state index in [9.17, 15) is 18.0 Å². The minimum absolute atomic E-state index is 0.0228. The van der Waals surface area contributed by atoms with Crippen LogP contribution >= 0.6 is 0 Å². The number of furan rings is 2. The van der Waals surface area contributed by atoms with Crippen molar-refractivity contribution in [1.82, 2.24) is 9.55 Å². The molecular formula is C20H16F3N3O4. The van der Waals surface area contributed by atoms with E-state index in [0.29, 0.717) is 17.0 Å². The van der Waals surface area contributed by atoms with E-state index in [1.54, 1.807) is 22.8 Å². The highest BCUT2D eigenvalue weighted by atomic mass is 19.4. The number of amides is 1. The van der Waals surface area contributed by atoms with Crippen molar-refractivity contribution in [2.24, 2.45) is 0 Å². The summed E-state index contributed by atoms with van der Waals surface area (Å²) in [5.41, 5.74) is -0.328. The third kappa shape index (κ3) is 3.94. The van der Waals surface area contributed by atoms with Crippen molar-refractivity contribution in [2.75, 3.05) is 12.4 Å². The summed E-state index contributed by atoms with van der Waals surface area (Å²) in [6.45, 7) is 0.363. The summed E-state index contributed by atoms with van der Waals surface area (Å²) < 4.78 is 56.5. The fraction of sp³-hybridized carbons (Fsp3) is 0.200. The number of carbonyl (C=O) groups excluding carboxylic acids is 1. The van der Waals surface area contributed by atoms with E-state index in [1.165, 1.54) is 25.5 Å². The molecule has 0 bridgehead atoms. The lowest BCUT2D eigenvalue weighted by atomic mass is 10.2. The summed E-state index contributed by atoms with van der Waals surface area (Å²) in [5.74, 6) is 0.501. The Labute approximate surface area is 168 Å². The van der Waals surface area contributed by atoms with Crippen LogP contribution in [0.25, 0.3) is 11.0 Å². The molecule has 7 nitrogen and oxygen atoms in total. The summed E-state index contributed by atoms with van der Waals surface area (Å²) in [7, 11) is 1.49. The summed E-state index contributed by atoms with van der Waals surface area (Å²) >= 11 is 0. The van der Waals surface area contributed by atoms with Crippen LogP contribution in [0.15, 0.2) is 57.6 Å². The Morgan fingerprint density at radius 1 is 1.20 bits per heavy atom. The number of alkyl halides is 3. The van der Waals surface area contributed by atoms with Crippen LogP contribution in [0.4, 0.5) is 19.1 Å². The van der Waals surface area contributed by atoms with Gasteiger partial charge in [0.2, 0.25) is 5.95 Å². The molecule has 0 aliphatic carbocycles. The second-order valence-electron chi connectivity index (χ2n) is 6.46. The number of benzene rings is 1. The summed E-state index contributed by atoms with van der Waals surface area (Å²) in [6.07, 6.45) is -3.02. The van der Waals surface area contributed by atoms with Crippen LogP contribution in [-0.4, -0.2) is 22.6 Å². The number of aromatic nitrogens is 2. The van der Waals surface area contributed by atoms with E-state index in [-0.39, 0.29) is 30.4 Å². The van der Waals surface area contributed by atoms with Gasteiger partial charge in [-0.15, -0.1) is 0 Å². The van der Waals surface area contributed by atoms with Gasteiger partial charge in [-0.3, -0.25) is 10.1 Å². The molecule has 0 unspecified atom stereocenters. The molecule has 0 atom stereocenters. The third-order valence-electron chi connectivity index (χ3n) is 4.37. The quantitative estimate of drug-likeness (QED) is 0.490. The minimum Gasteiger partial charge on any atom is -0.467 e. The number of ether oxygens (including phenoxy) is 1. The number of carbonyl (C=O) groups is 1. The summed E-state index contributed by atoms with van der Waals surface area (Å²) in [6, 6.07) is 9.70. The molecule has 3 heterocycles. The molecule has 0 spiro atoms. The van der Waals surface area contributed by atoms with Gasteiger partial charge in [0, 0.05) is 7.11 Å². The van der Waals surface area contributed by atoms with Gasteiger partial charge in [0.15, 0.2) is 5.76 Å². The SMILES string of the molecule is COCc1ccc(C(=O)Nc2nc3cc(C(F)(F)F)ccc3n2Cc2ccco2)o1. The van der Waals surface area contributed by atoms with Gasteiger partial charge in [0.1, 0.15) is 18.1 Å². The van der Waals surface area contributed by atoms with Gasteiger partial charge in [0.25, 0.3) is 5.91 Å². The van der Waals surface area contributed by atoms with Crippen LogP contribution in [0.3, 0.4) is 0 Å². The summed E-state index contributed by atoms with van der Waals surface area (Å²) in [4.78, 5) is 16.8. The van der Waals surface area contributed by atoms with E-state index in [0.717, 1.165) is 12.1 Å². The van der Waals surface area contributed by atoms with Crippen molar-refractivity contribution in [2.45, 2.75) is 19.3 Å². The van der Waals surface area contributed by atoms with Crippen LogP contribution in [0, 0.1) is 0 Å². The lowest BCUT2D eigenvalue weighted by molar-refractivity contribution is -0.137. The number of hydrogen-bond donors (Lipinski definition) is 1. The maximum absolute atomic E-state index is 13.1. The lowest BCUT2D eigenvalue weighted by Gasteiger charge is -2.09. The van der Waals surface area contributed by atoms with E-state index in [2.05, 4.69) is 10.3 Å². The van der Waals surface area contributed by atoms with Crippen molar-refractivity contribution in [3.8, 4) is 0 Å². The zero-order valence-corrected chi connectivity index (χ0v) is 15.7. The topological polar surface area (TPSA) is 82.4 Å². The first-order chi connectivity index (χ1) is 14.3. The normalized spacial score (nSPS) is 11.9. The summed E-state index contributed by atoms with van der Waals surface area (Å²) in [5, 5.41) is 2.60. The second-order valence-corrected chi connectivity index (χ2v) is 6.46. The molecule has 3 aromatic heterocycles. The number of rotatable bonds is 6. The lowest BCUT2D eigenvalue weighted by Crippen LogP contribution is -2.15. The van der Waals surface area contributed by atoms with Crippen LogP contribution in [0.1, 0.15) is 27.6 Å². The van der Waals surface area contributed by atoms with Crippen molar-refractivity contribution < 1.29 is 31.5 Å². The molecule has 1 N–H and O–H groups in total. The average Bonchev–Trinajstić information content (AvgIpc) is 3.43. The van der Waals surface area contributed by atoms with Crippen molar-refractivity contribution in [3.63, 3.8) is 0 Å². The smallest absolute Gasteiger partial charge is 0.416 e. The highest BCUT2D eigenvalue weighted by Gasteiger charge is 2.31. The molecule has 0 fully saturated rings. The Bertz CT molecular complexity index is 1180. The standard InChI is InChI=1S/C20H16F3N3O4/c1-28-11-14-5-7-17(30-14)18(27)25-19-24-15-9-12(20(21,22)23)4-6-16(15)26(19)10-13-3-2-8-29-13/h2-9H,10-11H2,1H3,(H,24,25,27). The highest BCUT2D eigenvalue weighted by molar-refractivity contribution is 6.02. The Kier molecular flexibility index (Phi) is 5.08. The zero-order chi connectivity index (χ0) is 21.3. The van der Waals surface area contributed by atoms with Gasteiger partial charge < -0.3 is 18.1 Å². The van der Waals surface area contributed by atoms with Crippen molar-refractivity contribution in [1.29, 1.82) is 0 Å². The monoisotopic (exact) mass is 419 g/mol. The van der Waals surface area contributed by atoms with Crippen LogP contribution < -0.4 is 5.32 Å². The van der Waals surface area contributed by atoms with E-state index in [1.807, 2.05) is 0 Å². The first kappa shape index (κ1) is 19.8. The second kappa shape index (κ2) is 7.71. The molecule has 0 aliphatic rings. The predicted molar refractivity (Wildman–Crippen MR) is 99.9 cm³/mol. The fourth-order valence-electron chi connectivity index (χ4n) is 3.00. The largest absolute Gasteiger partial charge is 0.467 e. The molecule has 0 saturated heterocycles. The van der Waals surface area contributed by atoms with Crippen LogP contribution in [-0.2, 0) is 24.1 Å². The number of nitrogens with one attached hydrogen (secondary N) is 1. The van der Waals surface area contributed by atoms with Gasteiger partial charge in [-0.05, 0) is 42.5 Å². The van der Waals surface area contributed by atoms with E-state index < -0.39 is 17.6 Å². The Balaban J connectivity index is 1.71. The number of fused-ring (bicyclic) bond motifs is 1. The third-order valence-corrected chi connectivity index (χ3v) is 4.37. The Morgan fingerprint density at radius 2 is 2.03 bits per heavy atom. The molecule has 156 valence electrons. The van der Waals surface area contributed by atoms with Gasteiger partial charge in [-0.1, -0.05) is 0 Å². The number of nitrogens with zero attached hydrogens (tertiary/aromatic N) is 2. The first-order valence-electron chi connectivity index (χ1n) is 8.84. The number of anilines is 1. The fourth-order valence-corrected chi connectivity index (χ4v) is 3.00. The molecule has 30 heavy (non-hydrogen) atoms. The van der Waals surface area contributed by atoms with Gasteiger partial charge >= 0.3 is 6.18 Å². The minimum atomic E-state index is -4.51. The molecule has 1 aromatic carbocycles. The number of imidazole rings is 1. The predicted octanol–water partition coefficient (Wildman–Crippen LogP) is 4.69. The number of methoxy groups -OCH3 is 1. The molecule has 1 amide bonds. The molecule has 4 aromatic rings. The Hall–Kier alpha value is -3.53. The highest BCUT2D eigenvalue weighted by Crippen LogP contribution is 2.32.